The zero-order valence-corrected chi connectivity index (χ0v) is 8.78. The normalized spacial score (nSPS) is 23.6. The third-order valence-corrected chi connectivity index (χ3v) is 3.17. The van der Waals surface area contributed by atoms with E-state index in [1.54, 1.807) is 0 Å². The molecule has 14 heavy (non-hydrogen) atoms. The van der Waals surface area contributed by atoms with Gasteiger partial charge in [0.1, 0.15) is 0 Å². The van der Waals surface area contributed by atoms with Crippen LogP contribution in [0.25, 0.3) is 0 Å². The Morgan fingerprint density at radius 3 is 2.93 bits per heavy atom. The van der Waals surface area contributed by atoms with Gasteiger partial charge in [0, 0.05) is 30.3 Å². The highest BCUT2D eigenvalue weighted by Crippen LogP contribution is 2.23. The number of hydrogen-bond acceptors (Lipinski definition) is 2. The van der Waals surface area contributed by atoms with Gasteiger partial charge in [-0.3, -0.25) is 4.98 Å². The van der Waals surface area contributed by atoms with Crippen LogP contribution in [-0.4, -0.2) is 23.6 Å². The molecule has 1 aliphatic heterocycles. The summed E-state index contributed by atoms with van der Waals surface area (Å²) in [7, 11) is 0. The Bertz CT molecular complexity index is 272. The van der Waals surface area contributed by atoms with Crippen molar-refractivity contribution in [3.05, 3.63) is 30.1 Å². The molecule has 3 heteroatoms. The van der Waals surface area contributed by atoms with E-state index in [0.29, 0.717) is 5.92 Å². The molecule has 1 aliphatic rings. The largest absolute Gasteiger partial charge is 0.381 e. The lowest BCUT2D eigenvalue weighted by atomic mass is 9.99. The molecule has 0 saturated carbocycles. The molecule has 2 nitrogen and oxygen atoms in total. The highest BCUT2D eigenvalue weighted by atomic mass is 35.5. The Morgan fingerprint density at radius 1 is 1.50 bits per heavy atom. The van der Waals surface area contributed by atoms with E-state index in [1.807, 2.05) is 24.5 Å². The van der Waals surface area contributed by atoms with Crippen molar-refractivity contribution in [1.29, 1.82) is 0 Å². The first-order valence-corrected chi connectivity index (χ1v) is 5.40. The molecule has 0 N–H and O–H groups in total. The minimum atomic E-state index is 0.194. The predicted octanol–water partition coefficient (Wildman–Crippen LogP) is 2.27. The van der Waals surface area contributed by atoms with Crippen molar-refractivity contribution < 1.29 is 4.74 Å². The highest BCUT2D eigenvalue weighted by Gasteiger charge is 2.23. The molecular formula is C11H14ClNO. The molecule has 0 radical (unpaired) electrons. The van der Waals surface area contributed by atoms with Gasteiger partial charge in [0.2, 0.25) is 0 Å². The summed E-state index contributed by atoms with van der Waals surface area (Å²) in [5.74, 6) is 0.518. The van der Waals surface area contributed by atoms with Gasteiger partial charge in [-0.05, 0) is 30.5 Å². The van der Waals surface area contributed by atoms with Gasteiger partial charge in [-0.25, -0.2) is 0 Å². The lowest BCUT2D eigenvalue weighted by molar-refractivity contribution is 0.185. The summed E-state index contributed by atoms with van der Waals surface area (Å²) in [4.78, 5) is 3.98. The molecule has 0 aliphatic carbocycles. The average Bonchev–Trinajstić information content (AvgIpc) is 2.72. The number of hydrogen-bond donors (Lipinski definition) is 0. The van der Waals surface area contributed by atoms with E-state index in [0.717, 1.165) is 26.1 Å². The van der Waals surface area contributed by atoms with Crippen molar-refractivity contribution in [3.8, 4) is 0 Å². The number of nitrogens with zero attached hydrogens (tertiary/aromatic N) is 1. The summed E-state index contributed by atoms with van der Waals surface area (Å²) in [5.41, 5.74) is 1.26. The predicted molar refractivity (Wildman–Crippen MR) is 56.5 cm³/mol. The van der Waals surface area contributed by atoms with E-state index < -0.39 is 0 Å². The van der Waals surface area contributed by atoms with Crippen molar-refractivity contribution in [1.82, 2.24) is 4.98 Å². The Kier molecular flexibility index (Phi) is 3.38. The number of ether oxygens (including phenoxy) is 1. The molecule has 0 aromatic carbocycles. The maximum atomic E-state index is 6.32. The molecule has 1 fully saturated rings. The maximum Gasteiger partial charge on any atom is 0.0509 e. The molecule has 2 heterocycles. The monoisotopic (exact) mass is 211 g/mol. The number of aromatic nitrogens is 1. The fourth-order valence-corrected chi connectivity index (χ4v) is 2.13. The van der Waals surface area contributed by atoms with Gasteiger partial charge in [0.25, 0.3) is 0 Å². The third kappa shape index (κ3) is 2.46. The Labute approximate surface area is 89.3 Å². The van der Waals surface area contributed by atoms with Crippen molar-refractivity contribution in [2.45, 2.75) is 18.2 Å². The van der Waals surface area contributed by atoms with Crippen LogP contribution in [0.2, 0.25) is 0 Å². The molecule has 0 spiro atoms. The first kappa shape index (κ1) is 9.94. The summed E-state index contributed by atoms with van der Waals surface area (Å²) in [5, 5.41) is 0.194. The van der Waals surface area contributed by atoms with Crippen LogP contribution in [-0.2, 0) is 11.2 Å². The summed E-state index contributed by atoms with van der Waals surface area (Å²) < 4.78 is 5.32. The third-order valence-electron chi connectivity index (χ3n) is 2.66. The van der Waals surface area contributed by atoms with E-state index in [2.05, 4.69) is 4.98 Å². The Morgan fingerprint density at radius 2 is 2.29 bits per heavy atom. The van der Waals surface area contributed by atoms with E-state index in [-0.39, 0.29) is 5.38 Å². The topological polar surface area (TPSA) is 22.1 Å². The molecule has 1 aromatic heterocycles. The fourth-order valence-electron chi connectivity index (χ4n) is 1.75. The summed E-state index contributed by atoms with van der Waals surface area (Å²) >= 11 is 6.32. The fraction of sp³-hybridized carbons (Fsp3) is 0.545. The van der Waals surface area contributed by atoms with E-state index in [1.165, 1.54) is 5.56 Å². The van der Waals surface area contributed by atoms with Gasteiger partial charge < -0.3 is 4.74 Å². The molecule has 2 atom stereocenters. The number of pyridine rings is 1. The van der Waals surface area contributed by atoms with Crippen molar-refractivity contribution in [3.63, 3.8) is 0 Å². The first-order chi connectivity index (χ1) is 6.86. The minimum Gasteiger partial charge on any atom is -0.381 e. The molecule has 76 valence electrons. The number of rotatable bonds is 3. The first-order valence-electron chi connectivity index (χ1n) is 4.97. The molecule has 2 unspecified atom stereocenters. The minimum absolute atomic E-state index is 0.194. The van der Waals surface area contributed by atoms with E-state index >= 15 is 0 Å². The lowest BCUT2D eigenvalue weighted by Crippen LogP contribution is -2.17. The summed E-state index contributed by atoms with van der Waals surface area (Å²) in [6, 6.07) is 4.04. The van der Waals surface area contributed by atoms with Gasteiger partial charge in [0.15, 0.2) is 0 Å². The second-order valence-corrected chi connectivity index (χ2v) is 4.26. The molecule has 1 aromatic rings. The summed E-state index contributed by atoms with van der Waals surface area (Å²) in [6.07, 6.45) is 5.63. The average molecular weight is 212 g/mol. The van der Waals surface area contributed by atoms with Crippen molar-refractivity contribution in [2.75, 3.05) is 13.2 Å². The standard InChI is InChI=1S/C11H14ClNO/c12-11(10-3-6-14-8-10)7-9-1-4-13-5-2-9/h1-2,4-5,10-11H,3,6-8H2. The van der Waals surface area contributed by atoms with Crippen LogP contribution in [0.3, 0.4) is 0 Å². The van der Waals surface area contributed by atoms with Gasteiger partial charge in [-0.15, -0.1) is 11.6 Å². The zero-order chi connectivity index (χ0) is 9.80. The smallest absolute Gasteiger partial charge is 0.0509 e. The van der Waals surface area contributed by atoms with Crippen LogP contribution < -0.4 is 0 Å². The summed E-state index contributed by atoms with van der Waals surface area (Å²) in [6.45, 7) is 1.68. The molecule has 1 saturated heterocycles. The van der Waals surface area contributed by atoms with Crippen molar-refractivity contribution in [2.24, 2.45) is 5.92 Å². The molecule has 2 rings (SSSR count). The Balaban J connectivity index is 1.90. The van der Waals surface area contributed by atoms with E-state index in [4.69, 9.17) is 16.3 Å². The Hall–Kier alpha value is -0.600. The van der Waals surface area contributed by atoms with Gasteiger partial charge in [-0.1, -0.05) is 0 Å². The second kappa shape index (κ2) is 4.76. The van der Waals surface area contributed by atoms with Gasteiger partial charge in [0.05, 0.1) is 6.61 Å². The van der Waals surface area contributed by atoms with Crippen LogP contribution in [0, 0.1) is 5.92 Å². The lowest BCUT2D eigenvalue weighted by Gasteiger charge is -2.14. The number of alkyl halides is 1. The molecule has 0 bridgehead atoms. The highest BCUT2D eigenvalue weighted by molar-refractivity contribution is 6.20. The van der Waals surface area contributed by atoms with Crippen LogP contribution in [0.15, 0.2) is 24.5 Å². The molecular weight excluding hydrogens is 198 g/mol. The van der Waals surface area contributed by atoms with Crippen molar-refractivity contribution >= 4 is 11.6 Å². The SMILES string of the molecule is ClC(Cc1ccncc1)C1CCOC1. The van der Waals surface area contributed by atoms with Gasteiger partial charge in [-0.2, -0.15) is 0 Å². The quantitative estimate of drug-likeness (QED) is 0.716. The van der Waals surface area contributed by atoms with Crippen LogP contribution >= 0.6 is 11.6 Å². The van der Waals surface area contributed by atoms with E-state index in [9.17, 15) is 0 Å². The zero-order valence-electron chi connectivity index (χ0n) is 8.03. The number of halogens is 1. The molecule has 0 amide bonds. The maximum absolute atomic E-state index is 6.32. The van der Waals surface area contributed by atoms with Crippen LogP contribution in [0.4, 0.5) is 0 Å². The second-order valence-electron chi connectivity index (χ2n) is 3.70. The van der Waals surface area contributed by atoms with Gasteiger partial charge >= 0.3 is 0 Å². The van der Waals surface area contributed by atoms with Crippen LogP contribution in [0.1, 0.15) is 12.0 Å². The van der Waals surface area contributed by atoms with Crippen LogP contribution in [0.5, 0.6) is 0 Å².